The summed E-state index contributed by atoms with van der Waals surface area (Å²) in [5, 5.41) is 0. The number of nitrogens with two attached hydrogens (primary N) is 1. The van der Waals surface area contributed by atoms with E-state index < -0.39 is 15.8 Å². The van der Waals surface area contributed by atoms with Crippen LogP contribution in [0.5, 0.6) is 0 Å². The Morgan fingerprint density at radius 3 is 2.65 bits per heavy atom. The topological polar surface area (TPSA) is 63.4 Å². The smallest absolute Gasteiger partial charge is 0.264 e. The Balaban J connectivity index is 2.07. The Morgan fingerprint density at radius 1 is 1.15 bits per heavy atom. The Kier molecular flexibility index (Phi) is 2.90. The summed E-state index contributed by atoms with van der Waals surface area (Å²) in [6, 6.07) is 10.9. The van der Waals surface area contributed by atoms with Crippen molar-refractivity contribution in [3.63, 3.8) is 0 Å². The minimum atomic E-state index is -3.75. The van der Waals surface area contributed by atoms with Gasteiger partial charge in [-0.2, -0.15) is 0 Å². The van der Waals surface area contributed by atoms with Crippen molar-refractivity contribution in [1.29, 1.82) is 0 Å². The molecule has 0 aromatic heterocycles. The fourth-order valence-corrected chi connectivity index (χ4v) is 3.87. The van der Waals surface area contributed by atoms with E-state index >= 15 is 0 Å². The van der Waals surface area contributed by atoms with Crippen molar-refractivity contribution in [2.45, 2.75) is 11.3 Å². The minimum Gasteiger partial charge on any atom is -0.396 e. The first-order chi connectivity index (χ1) is 9.50. The number of fused-ring (bicyclic) bond motifs is 1. The third-order valence-corrected chi connectivity index (χ3v) is 5.21. The molecule has 3 rings (SSSR count). The van der Waals surface area contributed by atoms with Crippen molar-refractivity contribution in [2.24, 2.45) is 0 Å². The lowest BCUT2D eigenvalue weighted by Gasteiger charge is -2.19. The molecular weight excluding hydrogens is 279 g/mol. The van der Waals surface area contributed by atoms with Crippen LogP contribution < -0.4 is 10.0 Å². The molecule has 1 aliphatic heterocycles. The quantitative estimate of drug-likeness (QED) is 0.863. The maximum Gasteiger partial charge on any atom is 0.264 e. The molecule has 0 saturated carbocycles. The van der Waals surface area contributed by atoms with Gasteiger partial charge in [-0.3, -0.25) is 4.31 Å². The highest BCUT2D eigenvalue weighted by Gasteiger charge is 2.30. The van der Waals surface area contributed by atoms with Gasteiger partial charge >= 0.3 is 0 Å². The van der Waals surface area contributed by atoms with Crippen molar-refractivity contribution in [3.8, 4) is 0 Å². The van der Waals surface area contributed by atoms with Crippen LogP contribution in [-0.4, -0.2) is 15.0 Å². The Labute approximate surface area is 116 Å². The van der Waals surface area contributed by atoms with Gasteiger partial charge in [0, 0.05) is 6.54 Å². The molecule has 0 radical (unpaired) electrons. The van der Waals surface area contributed by atoms with Crippen LogP contribution in [0, 0.1) is 5.82 Å². The fraction of sp³-hybridized carbons (Fsp3) is 0.143. The Morgan fingerprint density at radius 2 is 1.90 bits per heavy atom. The van der Waals surface area contributed by atoms with Crippen LogP contribution in [0.3, 0.4) is 0 Å². The van der Waals surface area contributed by atoms with Gasteiger partial charge in [-0.25, -0.2) is 12.8 Å². The van der Waals surface area contributed by atoms with E-state index in [2.05, 4.69) is 0 Å². The fourth-order valence-electron chi connectivity index (χ4n) is 2.35. The van der Waals surface area contributed by atoms with Crippen LogP contribution in [0.25, 0.3) is 0 Å². The van der Waals surface area contributed by atoms with E-state index in [4.69, 9.17) is 5.73 Å². The summed E-state index contributed by atoms with van der Waals surface area (Å²) in [7, 11) is -3.75. The number of sulfonamides is 1. The first-order valence-corrected chi connectivity index (χ1v) is 7.60. The zero-order valence-corrected chi connectivity index (χ0v) is 11.4. The van der Waals surface area contributed by atoms with Gasteiger partial charge in [0.1, 0.15) is 5.82 Å². The number of hydrogen-bond donors (Lipinski definition) is 1. The average Bonchev–Trinajstić information content (AvgIpc) is 2.86. The molecule has 0 fully saturated rings. The second-order valence-electron chi connectivity index (χ2n) is 4.64. The molecule has 0 atom stereocenters. The maximum atomic E-state index is 13.5. The zero-order chi connectivity index (χ0) is 14.3. The Hall–Kier alpha value is -2.08. The van der Waals surface area contributed by atoms with E-state index in [1.807, 2.05) is 12.1 Å². The summed E-state index contributed by atoms with van der Waals surface area (Å²) in [6.07, 6.45) is 0.660. The van der Waals surface area contributed by atoms with Crippen molar-refractivity contribution >= 4 is 21.4 Å². The number of hydrogen-bond acceptors (Lipinski definition) is 3. The molecule has 0 bridgehead atoms. The SMILES string of the molecule is Nc1ccc(S(=O)(=O)N2CCc3ccccc32)cc1F. The number of halogens is 1. The molecule has 2 aromatic rings. The van der Waals surface area contributed by atoms with Crippen molar-refractivity contribution < 1.29 is 12.8 Å². The zero-order valence-electron chi connectivity index (χ0n) is 10.6. The van der Waals surface area contributed by atoms with Crippen molar-refractivity contribution in [1.82, 2.24) is 0 Å². The molecule has 2 N–H and O–H groups in total. The van der Waals surface area contributed by atoms with E-state index in [1.165, 1.54) is 16.4 Å². The van der Waals surface area contributed by atoms with Gasteiger partial charge in [0.2, 0.25) is 0 Å². The molecule has 0 amide bonds. The normalized spacial score (nSPS) is 14.3. The lowest BCUT2D eigenvalue weighted by molar-refractivity contribution is 0.588. The molecule has 1 aliphatic rings. The first kappa shape index (κ1) is 12.9. The third kappa shape index (κ3) is 1.92. The van der Waals surface area contributed by atoms with Gasteiger partial charge < -0.3 is 5.73 Å². The van der Waals surface area contributed by atoms with Crippen LogP contribution in [0.2, 0.25) is 0 Å². The predicted molar refractivity (Wildman–Crippen MR) is 75.5 cm³/mol. The molecular formula is C14H13FN2O2S. The van der Waals surface area contributed by atoms with Gasteiger partial charge in [0.15, 0.2) is 0 Å². The second kappa shape index (κ2) is 4.49. The van der Waals surface area contributed by atoms with E-state index in [1.54, 1.807) is 12.1 Å². The number of anilines is 2. The number of nitrogens with zero attached hydrogens (tertiary/aromatic N) is 1. The largest absolute Gasteiger partial charge is 0.396 e. The second-order valence-corrected chi connectivity index (χ2v) is 6.50. The predicted octanol–water partition coefficient (Wildman–Crippen LogP) is 2.16. The number of benzene rings is 2. The molecule has 0 saturated heterocycles. The van der Waals surface area contributed by atoms with Crippen LogP contribution in [0.1, 0.15) is 5.56 Å². The highest BCUT2D eigenvalue weighted by Crippen LogP contribution is 2.33. The monoisotopic (exact) mass is 292 g/mol. The van der Waals surface area contributed by atoms with Gasteiger partial charge in [-0.05, 0) is 36.2 Å². The molecule has 2 aromatic carbocycles. The van der Waals surface area contributed by atoms with E-state index in [9.17, 15) is 12.8 Å². The van der Waals surface area contributed by atoms with Crippen LogP contribution >= 0.6 is 0 Å². The number of para-hydroxylation sites is 1. The van der Waals surface area contributed by atoms with Crippen molar-refractivity contribution in [3.05, 3.63) is 53.8 Å². The summed E-state index contributed by atoms with van der Waals surface area (Å²) < 4.78 is 40.0. The van der Waals surface area contributed by atoms with Crippen LogP contribution in [0.15, 0.2) is 47.4 Å². The molecule has 0 unspecified atom stereocenters. The summed E-state index contributed by atoms with van der Waals surface area (Å²) in [5.74, 6) is -0.724. The van der Waals surface area contributed by atoms with Crippen LogP contribution in [0.4, 0.5) is 15.8 Å². The molecule has 104 valence electrons. The molecule has 4 nitrogen and oxygen atoms in total. The van der Waals surface area contributed by atoms with Crippen LogP contribution in [-0.2, 0) is 16.4 Å². The van der Waals surface area contributed by atoms with Gasteiger partial charge in [-0.1, -0.05) is 18.2 Å². The lowest BCUT2D eigenvalue weighted by Crippen LogP contribution is -2.29. The van der Waals surface area contributed by atoms with E-state index in [-0.39, 0.29) is 10.6 Å². The third-order valence-electron chi connectivity index (χ3n) is 3.40. The Bertz CT molecular complexity index is 774. The van der Waals surface area contributed by atoms with Gasteiger partial charge in [0.25, 0.3) is 10.0 Å². The lowest BCUT2D eigenvalue weighted by atomic mass is 10.2. The summed E-state index contributed by atoms with van der Waals surface area (Å²) in [6.45, 7) is 0.369. The molecule has 0 aliphatic carbocycles. The number of nitrogen functional groups attached to an aromatic ring is 1. The maximum absolute atomic E-state index is 13.5. The highest BCUT2D eigenvalue weighted by molar-refractivity contribution is 7.92. The molecule has 0 spiro atoms. The van der Waals surface area contributed by atoms with Gasteiger partial charge in [0.05, 0.1) is 16.3 Å². The first-order valence-electron chi connectivity index (χ1n) is 6.16. The van der Waals surface area contributed by atoms with Gasteiger partial charge in [-0.15, -0.1) is 0 Å². The standard InChI is InChI=1S/C14H13FN2O2S/c15-12-9-11(5-6-13(12)16)20(18,19)17-8-7-10-3-1-2-4-14(10)17/h1-6,9H,7-8,16H2. The minimum absolute atomic E-state index is 0.0641. The molecule has 20 heavy (non-hydrogen) atoms. The summed E-state index contributed by atoms with van der Waals surface area (Å²) in [5.41, 5.74) is 6.95. The summed E-state index contributed by atoms with van der Waals surface area (Å²) >= 11 is 0. The highest BCUT2D eigenvalue weighted by atomic mass is 32.2. The van der Waals surface area contributed by atoms with E-state index in [0.29, 0.717) is 18.7 Å². The number of rotatable bonds is 2. The average molecular weight is 292 g/mol. The molecule has 1 heterocycles. The molecule has 6 heteroatoms. The van der Waals surface area contributed by atoms with E-state index in [0.717, 1.165) is 11.6 Å². The summed E-state index contributed by atoms with van der Waals surface area (Å²) in [4.78, 5) is -0.0825. The van der Waals surface area contributed by atoms with Crippen molar-refractivity contribution in [2.75, 3.05) is 16.6 Å².